The molecule has 2 aromatic heterocycles. The topological polar surface area (TPSA) is 63.5 Å². The van der Waals surface area contributed by atoms with Crippen LogP contribution in [0.25, 0.3) is 16.7 Å². The van der Waals surface area contributed by atoms with Crippen molar-refractivity contribution < 1.29 is 22.7 Å². The normalized spacial score (nSPS) is 18.9. The van der Waals surface area contributed by atoms with Crippen molar-refractivity contribution in [1.82, 2.24) is 19.4 Å². The number of piperazine rings is 1. The van der Waals surface area contributed by atoms with Crippen molar-refractivity contribution in [2.75, 3.05) is 31.2 Å². The second-order valence-corrected chi connectivity index (χ2v) is 10.2. The molecule has 1 aliphatic carbocycles. The van der Waals surface area contributed by atoms with Crippen LogP contribution in [-0.2, 0) is 4.74 Å². The number of hydrogen-bond donors (Lipinski definition) is 0. The fourth-order valence-corrected chi connectivity index (χ4v) is 4.63. The molecule has 186 valence electrons. The number of rotatable bonds is 4. The molecule has 7 nitrogen and oxygen atoms in total. The smallest absolute Gasteiger partial charge is 0.410 e. The van der Waals surface area contributed by atoms with Gasteiger partial charge in [0.25, 0.3) is 0 Å². The monoisotopic (exact) mass is 487 g/mol. The lowest BCUT2D eigenvalue weighted by Crippen LogP contribution is -2.57. The van der Waals surface area contributed by atoms with Gasteiger partial charge in [-0.1, -0.05) is 0 Å². The number of carbonyl (C=O) groups is 1. The zero-order valence-electron chi connectivity index (χ0n) is 20.0. The molecule has 1 aromatic carbocycles. The summed E-state index contributed by atoms with van der Waals surface area (Å²) in [6.45, 7) is 5.57. The number of halogens is 3. The van der Waals surface area contributed by atoms with Crippen molar-refractivity contribution in [2.24, 2.45) is 0 Å². The second-order valence-electron chi connectivity index (χ2n) is 10.2. The number of hydrogen-bond acceptors (Lipinski definition) is 5. The number of fused-ring (bicyclic) bond motifs is 1. The van der Waals surface area contributed by atoms with Crippen LogP contribution in [0, 0.1) is 11.6 Å². The predicted octanol–water partition coefficient (Wildman–Crippen LogP) is 4.97. The van der Waals surface area contributed by atoms with Crippen LogP contribution in [0.1, 0.15) is 45.1 Å². The van der Waals surface area contributed by atoms with E-state index in [0.29, 0.717) is 29.6 Å². The molecule has 2 aliphatic rings. The molecule has 1 amide bonds. The average molecular weight is 488 g/mol. The Kier molecular flexibility index (Phi) is 5.85. The molecule has 2 fully saturated rings. The van der Waals surface area contributed by atoms with E-state index in [2.05, 4.69) is 9.97 Å². The van der Waals surface area contributed by atoms with Crippen LogP contribution in [-0.4, -0.2) is 63.5 Å². The molecule has 5 rings (SSSR count). The Morgan fingerprint density at radius 1 is 1.11 bits per heavy atom. The van der Waals surface area contributed by atoms with Crippen LogP contribution in [0.15, 0.2) is 30.7 Å². The summed E-state index contributed by atoms with van der Waals surface area (Å²) >= 11 is 0. The van der Waals surface area contributed by atoms with Gasteiger partial charge in [0.15, 0.2) is 0 Å². The van der Waals surface area contributed by atoms with Crippen LogP contribution < -0.4 is 4.90 Å². The summed E-state index contributed by atoms with van der Waals surface area (Å²) in [6.07, 6.45) is 4.75. The largest absolute Gasteiger partial charge is 0.444 e. The highest BCUT2D eigenvalue weighted by Gasteiger charge is 2.36. The van der Waals surface area contributed by atoms with Gasteiger partial charge < -0.3 is 14.2 Å². The molecule has 0 radical (unpaired) electrons. The Bertz CT molecular complexity index is 1250. The Morgan fingerprint density at radius 3 is 2.46 bits per heavy atom. The molecular weight excluding hydrogens is 459 g/mol. The van der Waals surface area contributed by atoms with Crippen molar-refractivity contribution in [3.8, 4) is 5.69 Å². The Morgan fingerprint density at radius 2 is 1.83 bits per heavy atom. The molecule has 0 N–H and O–H groups in total. The average Bonchev–Trinajstić information content (AvgIpc) is 3.56. The first kappa shape index (κ1) is 23.4. The molecule has 3 heterocycles. The Labute approximate surface area is 201 Å². The van der Waals surface area contributed by atoms with Crippen molar-refractivity contribution >= 4 is 22.9 Å². The standard InChI is InChI=1S/C25H28F3N5O2/c1-25(2,3)35-24(34)32-7-6-31(12-19(32)11-26)22-21-20(15-4-5-15)13-33(23(21)30-14-29-22)18-9-16(27)8-17(28)10-18/h8-10,13-15,19H,4-7,11-12H2,1-3H3/t19-/m1/s1. The van der Waals surface area contributed by atoms with E-state index in [9.17, 15) is 18.0 Å². The lowest BCUT2D eigenvalue weighted by atomic mass is 10.1. The summed E-state index contributed by atoms with van der Waals surface area (Å²) in [5.41, 5.74) is 1.20. The van der Waals surface area contributed by atoms with Gasteiger partial charge in [-0.3, -0.25) is 4.90 Å². The van der Waals surface area contributed by atoms with Crippen molar-refractivity contribution in [1.29, 1.82) is 0 Å². The maximum absolute atomic E-state index is 14.1. The highest BCUT2D eigenvalue weighted by Crippen LogP contribution is 2.46. The maximum Gasteiger partial charge on any atom is 0.410 e. The van der Waals surface area contributed by atoms with Crippen LogP contribution in [0.3, 0.4) is 0 Å². The molecule has 1 aliphatic heterocycles. The highest BCUT2D eigenvalue weighted by atomic mass is 19.1. The number of benzene rings is 1. The van der Waals surface area contributed by atoms with Gasteiger partial charge in [0.2, 0.25) is 0 Å². The molecule has 1 saturated carbocycles. The molecule has 10 heteroatoms. The van der Waals surface area contributed by atoms with Crippen molar-refractivity contribution in [2.45, 2.75) is 51.2 Å². The summed E-state index contributed by atoms with van der Waals surface area (Å²) in [4.78, 5) is 25.0. The Hall–Kier alpha value is -3.30. The van der Waals surface area contributed by atoms with Gasteiger partial charge in [-0.15, -0.1) is 0 Å². The van der Waals surface area contributed by atoms with E-state index in [-0.39, 0.29) is 13.1 Å². The SMILES string of the molecule is CC(C)(C)OC(=O)N1CCN(c2ncnc3c2c(C2CC2)cn3-c2cc(F)cc(F)c2)C[C@H]1CF. The number of alkyl halides is 1. The van der Waals surface area contributed by atoms with Gasteiger partial charge in [0.05, 0.1) is 17.1 Å². The third-order valence-corrected chi connectivity index (χ3v) is 6.32. The van der Waals surface area contributed by atoms with Gasteiger partial charge in [0.1, 0.15) is 41.7 Å². The van der Waals surface area contributed by atoms with Crippen LogP contribution in [0.4, 0.5) is 23.8 Å². The number of amides is 1. The molecule has 0 spiro atoms. The first-order valence-electron chi connectivity index (χ1n) is 11.8. The number of anilines is 1. The number of carbonyl (C=O) groups excluding carboxylic acids is 1. The van der Waals surface area contributed by atoms with Crippen molar-refractivity contribution in [3.05, 3.63) is 47.9 Å². The van der Waals surface area contributed by atoms with E-state index in [1.165, 1.54) is 23.4 Å². The fraction of sp³-hybridized carbons (Fsp3) is 0.480. The summed E-state index contributed by atoms with van der Waals surface area (Å²) < 4.78 is 49.2. The molecule has 0 bridgehead atoms. The predicted molar refractivity (Wildman–Crippen MR) is 126 cm³/mol. The fourth-order valence-electron chi connectivity index (χ4n) is 4.63. The van der Waals surface area contributed by atoms with E-state index < -0.39 is 36.0 Å². The second kappa shape index (κ2) is 8.73. The van der Waals surface area contributed by atoms with E-state index in [1.54, 1.807) is 25.3 Å². The van der Waals surface area contributed by atoms with Crippen LogP contribution in [0.2, 0.25) is 0 Å². The molecular formula is C25H28F3N5O2. The van der Waals surface area contributed by atoms with Gasteiger partial charge in [-0.05, 0) is 57.2 Å². The molecule has 1 saturated heterocycles. The van der Waals surface area contributed by atoms with Crippen LogP contribution in [0.5, 0.6) is 0 Å². The summed E-state index contributed by atoms with van der Waals surface area (Å²) in [5.74, 6) is -0.405. The number of nitrogens with zero attached hydrogens (tertiary/aromatic N) is 5. The molecule has 0 unspecified atom stereocenters. The number of ether oxygens (including phenoxy) is 1. The molecule has 35 heavy (non-hydrogen) atoms. The van der Waals surface area contributed by atoms with Crippen LogP contribution >= 0.6 is 0 Å². The maximum atomic E-state index is 14.1. The van der Waals surface area contributed by atoms with E-state index in [0.717, 1.165) is 29.9 Å². The third kappa shape index (κ3) is 4.66. The number of aromatic nitrogens is 3. The minimum atomic E-state index is -0.719. The van der Waals surface area contributed by atoms with E-state index in [4.69, 9.17) is 4.74 Å². The lowest BCUT2D eigenvalue weighted by molar-refractivity contribution is 0.0113. The Balaban J connectivity index is 1.52. The zero-order chi connectivity index (χ0) is 24.9. The zero-order valence-corrected chi connectivity index (χ0v) is 20.0. The third-order valence-electron chi connectivity index (χ3n) is 6.32. The van der Waals surface area contributed by atoms with Gasteiger partial charge in [-0.25, -0.2) is 27.9 Å². The van der Waals surface area contributed by atoms with Gasteiger partial charge >= 0.3 is 6.09 Å². The highest BCUT2D eigenvalue weighted by molar-refractivity contribution is 5.93. The van der Waals surface area contributed by atoms with Gasteiger partial charge in [0, 0.05) is 31.9 Å². The lowest BCUT2D eigenvalue weighted by Gasteiger charge is -2.41. The summed E-state index contributed by atoms with van der Waals surface area (Å²) in [7, 11) is 0. The molecule has 1 atom stereocenters. The van der Waals surface area contributed by atoms with Crippen molar-refractivity contribution in [3.63, 3.8) is 0 Å². The van der Waals surface area contributed by atoms with E-state index >= 15 is 0 Å². The summed E-state index contributed by atoms with van der Waals surface area (Å²) in [6, 6.07) is 2.67. The quantitative estimate of drug-likeness (QED) is 0.520. The first-order valence-corrected chi connectivity index (χ1v) is 11.8. The minimum absolute atomic E-state index is 0.242. The molecule has 3 aromatic rings. The van der Waals surface area contributed by atoms with E-state index in [1.807, 2.05) is 11.1 Å². The minimum Gasteiger partial charge on any atom is -0.444 e. The van der Waals surface area contributed by atoms with Gasteiger partial charge in [-0.2, -0.15) is 0 Å². The first-order chi connectivity index (χ1) is 16.6. The summed E-state index contributed by atoms with van der Waals surface area (Å²) in [5, 5.41) is 0.794.